The number of thioether (sulfide) groups is 1. The lowest BCUT2D eigenvalue weighted by Crippen LogP contribution is -2.51. The van der Waals surface area contributed by atoms with Crippen LogP contribution in [0.15, 0.2) is 52.3 Å². The molecule has 9 nitrogen and oxygen atoms in total. The third-order valence-electron chi connectivity index (χ3n) is 6.57. The zero-order chi connectivity index (χ0) is 29.5. The molecule has 3 amide bonds. The number of ether oxygens (including phenoxy) is 2. The topological polar surface area (TPSA) is 137 Å². The summed E-state index contributed by atoms with van der Waals surface area (Å²) in [6, 6.07) is 12.7. The van der Waals surface area contributed by atoms with Gasteiger partial charge in [-0.3, -0.25) is 29.4 Å². The molecule has 0 bridgehead atoms. The average molecular weight is 592 g/mol. The Balaban J connectivity index is 0.000000285. The van der Waals surface area contributed by atoms with E-state index in [1.165, 1.54) is 7.11 Å². The van der Waals surface area contributed by atoms with Crippen molar-refractivity contribution in [3.8, 4) is 5.75 Å². The van der Waals surface area contributed by atoms with E-state index in [0.29, 0.717) is 48.7 Å². The number of unbranched alkanes of at least 4 members (excludes halogenated alkanes) is 3. The Hall–Kier alpha value is -2.89. The molecule has 40 heavy (non-hydrogen) atoms. The Morgan fingerprint density at radius 3 is 2.30 bits per heavy atom. The molecule has 0 radical (unpaired) electrons. The number of nitrogens with one attached hydrogen (secondary N) is 2. The molecule has 1 atom stereocenters. The van der Waals surface area contributed by atoms with E-state index < -0.39 is 21.5 Å². The van der Waals surface area contributed by atoms with Crippen molar-refractivity contribution in [1.29, 1.82) is 0 Å². The number of carbonyl (C=O) groups is 3. The minimum Gasteiger partial charge on any atom is -0.496 e. The molecule has 0 spiro atoms. The number of nitrogens with two attached hydrogens (primary N) is 1. The Morgan fingerprint density at radius 2 is 1.73 bits per heavy atom. The van der Waals surface area contributed by atoms with Crippen LogP contribution in [0.25, 0.3) is 0 Å². The van der Waals surface area contributed by atoms with Crippen LogP contribution in [0.3, 0.4) is 0 Å². The summed E-state index contributed by atoms with van der Waals surface area (Å²) in [7, 11) is 0.0950. The Morgan fingerprint density at radius 1 is 1.05 bits per heavy atom. The number of hydrogen-bond donors (Lipinski definition) is 3. The average Bonchev–Trinajstić information content (AvgIpc) is 2.98. The second kappa shape index (κ2) is 17.0. The van der Waals surface area contributed by atoms with Crippen LogP contribution in [-0.2, 0) is 25.1 Å². The SMILES string of the molecule is CCCCCCC(=O)NNC(=O)c1ccc(SC)cc1OC.Cc1ccc(S(=O)C2(C(N)=O)CCOCC2)cc1. The highest BCUT2D eigenvalue weighted by Crippen LogP contribution is 2.31. The molecule has 0 aliphatic carbocycles. The number of amides is 3. The Labute approximate surface area is 243 Å². The first-order chi connectivity index (χ1) is 19.2. The molecule has 220 valence electrons. The van der Waals surface area contributed by atoms with Gasteiger partial charge in [0, 0.05) is 29.4 Å². The van der Waals surface area contributed by atoms with Gasteiger partial charge in [-0.1, -0.05) is 43.9 Å². The molecule has 0 saturated carbocycles. The summed E-state index contributed by atoms with van der Waals surface area (Å²) >= 11 is 1.57. The molecular formula is C29H41N3O6S2. The molecule has 3 rings (SSSR count). The number of carbonyl (C=O) groups excluding carboxylic acids is 3. The first-order valence-corrected chi connectivity index (χ1v) is 15.7. The summed E-state index contributed by atoms with van der Waals surface area (Å²) in [5, 5.41) is 0. The van der Waals surface area contributed by atoms with Crippen molar-refractivity contribution in [3.05, 3.63) is 53.6 Å². The number of aryl methyl sites for hydroxylation is 1. The van der Waals surface area contributed by atoms with Crippen molar-refractivity contribution in [2.45, 2.75) is 73.3 Å². The summed E-state index contributed by atoms with van der Waals surface area (Å²) < 4.78 is 22.1. The monoisotopic (exact) mass is 591 g/mol. The van der Waals surface area contributed by atoms with E-state index in [2.05, 4.69) is 17.8 Å². The molecule has 0 aromatic heterocycles. The van der Waals surface area contributed by atoms with Crippen molar-refractivity contribution in [1.82, 2.24) is 10.9 Å². The molecule has 2 aromatic rings. The number of hydrogen-bond acceptors (Lipinski definition) is 7. The van der Waals surface area contributed by atoms with Gasteiger partial charge in [-0.2, -0.15) is 0 Å². The van der Waals surface area contributed by atoms with E-state index in [0.717, 1.165) is 36.1 Å². The predicted octanol–water partition coefficient (Wildman–Crippen LogP) is 4.29. The van der Waals surface area contributed by atoms with Crippen molar-refractivity contribution in [3.63, 3.8) is 0 Å². The lowest BCUT2D eigenvalue weighted by atomic mass is 9.98. The third kappa shape index (κ3) is 9.64. The molecule has 1 aliphatic heterocycles. The maximum atomic E-state index is 12.6. The van der Waals surface area contributed by atoms with E-state index in [4.69, 9.17) is 15.2 Å². The zero-order valence-electron chi connectivity index (χ0n) is 23.7. The van der Waals surface area contributed by atoms with Crippen LogP contribution in [0.2, 0.25) is 0 Å². The molecule has 1 aliphatic rings. The minimum absolute atomic E-state index is 0.177. The van der Waals surface area contributed by atoms with Crippen molar-refractivity contribution in [2.75, 3.05) is 26.6 Å². The van der Waals surface area contributed by atoms with E-state index in [9.17, 15) is 18.6 Å². The summed E-state index contributed by atoms with van der Waals surface area (Å²) in [4.78, 5) is 37.1. The van der Waals surface area contributed by atoms with Gasteiger partial charge in [0.05, 0.1) is 23.5 Å². The number of benzene rings is 2. The second-order valence-corrected chi connectivity index (χ2v) is 12.1. The zero-order valence-corrected chi connectivity index (χ0v) is 25.4. The first-order valence-electron chi connectivity index (χ1n) is 13.4. The third-order valence-corrected chi connectivity index (χ3v) is 9.31. The van der Waals surface area contributed by atoms with Gasteiger partial charge in [-0.25, -0.2) is 0 Å². The Bertz CT molecular complexity index is 1150. The van der Waals surface area contributed by atoms with E-state index in [-0.39, 0.29) is 11.8 Å². The van der Waals surface area contributed by atoms with Gasteiger partial charge in [0.1, 0.15) is 10.5 Å². The molecule has 1 saturated heterocycles. The van der Waals surface area contributed by atoms with Gasteiger partial charge in [0.2, 0.25) is 11.8 Å². The molecule has 2 aromatic carbocycles. The van der Waals surface area contributed by atoms with Gasteiger partial charge in [-0.05, 0) is 62.8 Å². The van der Waals surface area contributed by atoms with Crippen LogP contribution in [0, 0.1) is 6.92 Å². The standard InChI is InChI=1S/C16H24N2O3S.C13H17NO3S/c1-4-5-6-7-8-15(19)17-18-16(20)13-10-9-12(22-3)11-14(13)21-2;1-10-2-4-11(5-3-10)18(16)13(12(14)15)6-8-17-9-7-13/h9-11H,4-8H2,1-3H3,(H,17,19)(H,18,20);2-5H,6-9H2,1H3,(H2,14,15). The predicted molar refractivity (Wildman–Crippen MR) is 159 cm³/mol. The molecule has 1 heterocycles. The summed E-state index contributed by atoms with van der Waals surface area (Å²) in [5.74, 6) is -0.568. The van der Waals surface area contributed by atoms with E-state index in [1.54, 1.807) is 36.0 Å². The normalized spacial score (nSPS) is 14.7. The van der Waals surface area contributed by atoms with E-state index in [1.807, 2.05) is 31.4 Å². The number of rotatable bonds is 11. The molecular weight excluding hydrogens is 550 g/mol. The van der Waals surface area contributed by atoms with Gasteiger partial charge >= 0.3 is 0 Å². The highest BCUT2D eigenvalue weighted by atomic mass is 32.2. The minimum atomic E-state index is -1.42. The highest BCUT2D eigenvalue weighted by Gasteiger charge is 2.45. The van der Waals surface area contributed by atoms with Gasteiger partial charge in [0.25, 0.3) is 5.91 Å². The van der Waals surface area contributed by atoms with Crippen LogP contribution in [-0.4, -0.2) is 53.3 Å². The quantitative estimate of drug-likeness (QED) is 0.201. The lowest BCUT2D eigenvalue weighted by molar-refractivity contribution is -0.123. The fourth-order valence-electron chi connectivity index (χ4n) is 4.07. The van der Waals surface area contributed by atoms with Crippen LogP contribution in [0.5, 0.6) is 5.75 Å². The molecule has 1 fully saturated rings. The summed E-state index contributed by atoms with van der Waals surface area (Å²) in [6.07, 6.45) is 7.33. The number of methoxy groups -OCH3 is 1. The van der Waals surface area contributed by atoms with Gasteiger partial charge in [-0.15, -0.1) is 11.8 Å². The van der Waals surface area contributed by atoms with Crippen molar-refractivity contribution < 1.29 is 28.1 Å². The largest absolute Gasteiger partial charge is 0.496 e. The second-order valence-electron chi connectivity index (χ2n) is 9.43. The molecule has 4 N–H and O–H groups in total. The number of primary amides is 1. The lowest BCUT2D eigenvalue weighted by Gasteiger charge is -2.33. The maximum Gasteiger partial charge on any atom is 0.273 e. The first kappa shape index (κ1) is 33.3. The number of hydrazine groups is 1. The van der Waals surface area contributed by atoms with Gasteiger partial charge in [0.15, 0.2) is 0 Å². The fraction of sp³-hybridized carbons (Fsp3) is 0.483. The Kier molecular flexibility index (Phi) is 14.2. The van der Waals surface area contributed by atoms with Crippen LogP contribution >= 0.6 is 11.8 Å². The van der Waals surface area contributed by atoms with Crippen LogP contribution in [0.1, 0.15) is 67.8 Å². The van der Waals surface area contributed by atoms with E-state index >= 15 is 0 Å². The van der Waals surface area contributed by atoms with Crippen LogP contribution in [0.4, 0.5) is 0 Å². The smallest absolute Gasteiger partial charge is 0.273 e. The highest BCUT2D eigenvalue weighted by molar-refractivity contribution is 7.98. The maximum absolute atomic E-state index is 12.6. The van der Waals surface area contributed by atoms with Crippen molar-refractivity contribution in [2.24, 2.45) is 5.73 Å². The molecule has 1 unspecified atom stereocenters. The summed E-state index contributed by atoms with van der Waals surface area (Å²) in [5.41, 5.74) is 11.8. The van der Waals surface area contributed by atoms with Gasteiger partial charge < -0.3 is 15.2 Å². The van der Waals surface area contributed by atoms with Crippen LogP contribution < -0.4 is 21.3 Å². The summed E-state index contributed by atoms with van der Waals surface area (Å²) in [6.45, 7) is 4.95. The van der Waals surface area contributed by atoms with Crippen molar-refractivity contribution >= 4 is 40.3 Å². The molecule has 11 heteroatoms. The fourth-order valence-corrected chi connectivity index (χ4v) is 6.05.